The minimum Gasteiger partial charge on any atom is -0.497 e. The first-order valence-electron chi connectivity index (χ1n) is 7.80. The molecule has 1 aliphatic rings. The maximum absolute atomic E-state index is 5.24. The molecule has 2 heterocycles. The van der Waals surface area contributed by atoms with E-state index in [0.717, 1.165) is 37.6 Å². The van der Waals surface area contributed by atoms with Gasteiger partial charge in [0.15, 0.2) is 0 Å². The van der Waals surface area contributed by atoms with E-state index in [2.05, 4.69) is 32.3 Å². The van der Waals surface area contributed by atoms with Crippen LogP contribution in [0.5, 0.6) is 5.75 Å². The van der Waals surface area contributed by atoms with Crippen molar-refractivity contribution in [3.63, 3.8) is 0 Å². The summed E-state index contributed by atoms with van der Waals surface area (Å²) in [4.78, 5) is 11.2. The number of hydrogen-bond acceptors (Lipinski definition) is 5. The Morgan fingerprint density at radius 3 is 2.91 bits per heavy atom. The summed E-state index contributed by atoms with van der Waals surface area (Å²) < 4.78 is 5.24. The first-order chi connectivity index (χ1) is 10.8. The zero-order chi connectivity index (χ0) is 15.2. The second-order valence-electron chi connectivity index (χ2n) is 5.46. The van der Waals surface area contributed by atoms with Crippen molar-refractivity contribution < 1.29 is 4.74 Å². The largest absolute Gasteiger partial charge is 0.497 e. The van der Waals surface area contributed by atoms with Crippen molar-refractivity contribution in [1.29, 1.82) is 0 Å². The quantitative estimate of drug-likeness (QED) is 0.888. The highest BCUT2D eigenvalue weighted by Gasteiger charge is 2.13. The van der Waals surface area contributed by atoms with Gasteiger partial charge in [0.25, 0.3) is 0 Å². The molecule has 3 rings (SSSR count). The number of nitrogens with zero attached hydrogens (tertiary/aromatic N) is 3. The molecule has 0 spiro atoms. The van der Waals surface area contributed by atoms with Crippen LogP contribution in [0.4, 0.5) is 11.8 Å². The third-order valence-corrected chi connectivity index (χ3v) is 3.90. The molecule has 22 heavy (non-hydrogen) atoms. The van der Waals surface area contributed by atoms with E-state index in [1.165, 1.54) is 18.4 Å². The third-order valence-electron chi connectivity index (χ3n) is 3.90. The second-order valence-corrected chi connectivity index (χ2v) is 5.46. The molecular formula is C17H22N4O. The van der Waals surface area contributed by atoms with Crippen LogP contribution in [-0.2, 0) is 6.42 Å². The normalized spacial score (nSPS) is 14.1. The van der Waals surface area contributed by atoms with Crippen LogP contribution < -0.4 is 15.0 Å². The molecule has 5 heteroatoms. The van der Waals surface area contributed by atoms with E-state index >= 15 is 0 Å². The predicted molar refractivity (Wildman–Crippen MR) is 88.7 cm³/mol. The monoisotopic (exact) mass is 298 g/mol. The number of benzene rings is 1. The molecule has 0 atom stereocenters. The van der Waals surface area contributed by atoms with Gasteiger partial charge in [-0.15, -0.1) is 0 Å². The van der Waals surface area contributed by atoms with Gasteiger partial charge in [0.05, 0.1) is 7.11 Å². The SMILES string of the molecule is COc1cccc(CCNc2nccc(N3CCCC3)n2)c1. The molecule has 5 nitrogen and oxygen atoms in total. The number of nitrogens with one attached hydrogen (secondary N) is 1. The first-order valence-corrected chi connectivity index (χ1v) is 7.80. The minimum atomic E-state index is 0.701. The Hall–Kier alpha value is -2.30. The number of hydrogen-bond donors (Lipinski definition) is 1. The van der Waals surface area contributed by atoms with Gasteiger partial charge in [-0.05, 0) is 43.0 Å². The van der Waals surface area contributed by atoms with Crippen LogP contribution in [0.2, 0.25) is 0 Å². The number of anilines is 2. The Morgan fingerprint density at radius 2 is 2.09 bits per heavy atom. The van der Waals surface area contributed by atoms with Crippen LogP contribution in [0.25, 0.3) is 0 Å². The zero-order valence-corrected chi connectivity index (χ0v) is 13.0. The lowest BCUT2D eigenvalue weighted by Gasteiger charge is -2.16. The van der Waals surface area contributed by atoms with Gasteiger partial charge in [0.1, 0.15) is 11.6 Å². The van der Waals surface area contributed by atoms with Gasteiger partial charge in [0.2, 0.25) is 5.95 Å². The van der Waals surface area contributed by atoms with Gasteiger partial charge in [-0.25, -0.2) is 4.98 Å². The van der Waals surface area contributed by atoms with Crippen LogP contribution in [-0.4, -0.2) is 36.7 Å². The Kier molecular flexibility index (Phi) is 4.73. The molecule has 1 fully saturated rings. The lowest BCUT2D eigenvalue weighted by atomic mass is 10.1. The summed E-state index contributed by atoms with van der Waals surface area (Å²) in [7, 11) is 1.69. The second kappa shape index (κ2) is 7.11. The van der Waals surface area contributed by atoms with E-state index in [-0.39, 0.29) is 0 Å². The van der Waals surface area contributed by atoms with Gasteiger partial charge in [-0.2, -0.15) is 4.98 Å². The van der Waals surface area contributed by atoms with E-state index in [1.54, 1.807) is 7.11 Å². The van der Waals surface area contributed by atoms with Gasteiger partial charge in [-0.1, -0.05) is 12.1 Å². The molecule has 2 aromatic rings. The van der Waals surface area contributed by atoms with Gasteiger partial charge in [0, 0.05) is 25.8 Å². The number of methoxy groups -OCH3 is 1. The van der Waals surface area contributed by atoms with Gasteiger partial charge in [-0.3, -0.25) is 0 Å². The number of rotatable bonds is 6. The Bertz CT molecular complexity index is 611. The standard InChI is InChI=1S/C17H22N4O/c1-22-15-6-4-5-14(13-15)7-9-18-17-19-10-8-16(20-17)21-11-2-3-12-21/h4-6,8,10,13H,2-3,7,9,11-12H2,1H3,(H,18,19,20). The molecule has 0 radical (unpaired) electrons. The van der Waals surface area contributed by atoms with Crippen LogP contribution >= 0.6 is 0 Å². The molecule has 0 amide bonds. The predicted octanol–water partition coefficient (Wildman–Crippen LogP) is 2.74. The molecule has 0 aliphatic carbocycles. The summed E-state index contributed by atoms with van der Waals surface area (Å²) in [5, 5.41) is 3.30. The number of ether oxygens (including phenoxy) is 1. The summed E-state index contributed by atoms with van der Waals surface area (Å²) in [6, 6.07) is 10.1. The summed E-state index contributed by atoms with van der Waals surface area (Å²) in [5.74, 6) is 2.62. The average Bonchev–Trinajstić information content (AvgIpc) is 3.10. The summed E-state index contributed by atoms with van der Waals surface area (Å²) in [6.45, 7) is 3.00. The molecule has 1 aliphatic heterocycles. The molecule has 1 N–H and O–H groups in total. The van der Waals surface area contributed by atoms with Crippen molar-refractivity contribution in [2.75, 3.05) is 37.0 Å². The fourth-order valence-electron chi connectivity index (χ4n) is 2.70. The first kappa shape index (κ1) is 14.6. The molecule has 1 aromatic heterocycles. The molecule has 1 saturated heterocycles. The van der Waals surface area contributed by atoms with Crippen LogP contribution in [0.3, 0.4) is 0 Å². The van der Waals surface area contributed by atoms with E-state index in [4.69, 9.17) is 4.74 Å². The third kappa shape index (κ3) is 3.67. The molecule has 1 aromatic carbocycles. The minimum absolute atomic E-state index is 0.701. The Labute approximate surface area is 131 Å². The highest BCUT2D eigenvalue weighted by molar-refractivity contribution is 5.43. The highest BCUT2D eigenvalue weighted by Crippen LogP contribution is 2.18. The molecule has 116 valence electrons. The molecule has 0 unspecified atom stereocenters. The molecule has 0 bridgehead atoms. The fraction of sp³-hybridized carbons (Fsp3) is 0.412. The zero-order valence-electron chi connectivity index (χ0n) is 13.0. The fourth-order valence-corrected chi connectivity index (χ4v) is 2.70. The average molecular weight is 298 g/mol. The van der Waals surface area contributed by atoms with Crippen molar-refractivity contribution in [1.82, 2.24) is 9.97 Å². The van der Waals surface area contributed by atoms with E-state index < -0.39 is 0 Å². The van der Waals surface area contributed by atoms with E-state index in [1.807, 2.05) is 24.4 Å². The lowest BCUT2D eigenvalue weighted by Crippen LogP contribution is -2.20. The Balaban J connectivity index is 1.55. The highest BCUT2D eigenvalue weighted by atomic mass is 16.5. The van der Waals surface area contributed by atoms with Crippen molar-refractivity contribution in [2.45, 2.75) is 19.3 Å². The van der Waals surface area contributed by atoms with E-state index in [9.17, 15) is 0 Å². The number of aromatic nitrogens is 2. The smallest absolute Gasteiger partial charge is 0.224 e. The van der Waals surface area contributed by atoms with E-state index in [0.29, 0.717) is 5.95 Å². The molecular weight excluding hydrogens is 276 g/mol. The van der Waals surface area contributed by atoms with Crippen LogP contribution in [0, 0.1) is 0 Å². The topological polar surface area (TPSA) is 50.3 Å². The maximum atomic E-state index is 5.24. The Morgan fingerprint density at radius 1 is 1.23 bits per heavy atom. The van der Waals surface area contributed by atoms with Gasteiger partial charge >= 0.3 is 0 Å². The van der Waals surface area contributed by atoms with Crippen molar-refractivity contribution in [2.24, 2.45) is 0 Å². The van der Waals surface area contributed by atoms with Crippen LogP contribution in [0.1, 0.15) is 18.4 Å². The van der Waals surface area contributed by atoms with Crippen molar-refractivity contribution in [3.05, 3.63) is 42.1 Å². The van der Waals surface area contributed by atoms with Gasteiger partial charge < -0.3 is 15.0 Å². The van der Waals surface area contributed by atoms with Crippen molar-refractivity contribution in [3.8, 4) is 5.75 Å². The van der Waals surface area contributed by atoms with Crippen molar-refractivity contribution >= 4 is 11.8 Å². The molecule has 0 saturated carbocycles. The summed E-state index contributed by atoms with van der Waals surface area (Å²) in [5.41, 5.74) is 1.24. The maximum Gasteiger partial charge on any atom is 0.224 e. The summed E-state index contributed by atoms with van der Waals surface area (Å²) in [6.07, 6.45) is 5.24. The van der Waals surface area contributed by atoms with Crippen LogP contribution in [0.15, 0.2) is 36.5 Å². The summed E-state index contributed by atoms with van der Waals surface area (Å²) >= 11 is 0. The lowest BCUT2D eigenvalue weighted by molar-refractivity contribution is 0.414.